The van der Waals surface area contributed by atoms with Gasteiger partial charge in [-0.25, -0.2) is 9.78 Å². The van der Waals surface area contributed by atoms with Gasteiger partial charge in [-0.1, -0.05) is 71.7 Å². The van der Waals surface area contributed by atoms with Crippen LogP contribution in [-0.4, -0.2) is 56.4 Å². The van der Waals surface area contributed by atoms with E-state index in [0.29, 0.717) is 41.3 Å². The Morgan fingerprint density at radius 2 is 1.65 bits per heavy atom. The first kappa shape index (κ1) is 42.5. The maximum Gasteiger partial charge on any atom is 0.326 e. The van der Waals surface area contributed by atoms with Gasteiger partial charge >= 0.3 is 5.97 Å². The van der Waals surface area contributed by atoms with Gasteiger partial charge in [0.25, 0.3) is 5.91 Å². The molecule has 0 fully saturated rings. The monoisotopic (exact) mass is 872 g/mol. The normalized spacial score (nSPS) is 16.3. The molecule has 11 nitrogen and oxygen atoms in total. The van der Waals surface area contributed by atoms with E-state index in [1.54, 1.807) is 32.2 Å². The number of aryl methyl sites for hydroxylation is 3. The largest absolute Gasteiger partial charge is 0.493 e. The topological polar surface area (TPSA) is 144 Å². The highest BCUT2D eigenvalue weighted by Gasteiger charge is 2.39. The minimum absolute atomic E-state index is 0.0472. The predicted octanol–water partition coefficient (Wildman–Crippen LogP) is 9.34. The molecule has 6 aromatic rings. The second-order valence-electron chi connectivity index (χ2n) is 16.0. The maximum atomic E-state index is 14.3. The fraction of sp³-hybridized carbons (Fsp3) is 0.286. The number of fused-ring (bicyclic) bond motifs is 2. The Kier molecular flexibility index (Phi) is 12.4. The van der Waals surface area contributed by atoms with Crippen molar-refractivity contribution in [2.45, 2.75) is 84.5 Å². The third-order valence-electron chi connectivity index (χ3n) is 11.9. The van der Waals surface area contributed by atoms with Crippen molar-refractivity contribution in [1.82, 2.24) is 20.2 Å². The van der Waals surface area contributed by atoms with E-state index >= 15 is 0 Å². The van der Waals surface area contributed by atoms with Gasteiger partial charge in [0.15, 0.2) is 11.6 Å². The summed E-state index contributed by atoms with van der Waals surface area (Å²) in [5.74, 6) is 0.0643. The number of pyridine rings is 1. The van der Waals surface area contributed by atoms with Crippen LogP contribution < -0.4 is 14.8 Å². The molecule has 0 spiro atoms. The molecule has 3 atom stereocenters. The van der Waals surface area contributed by atoms with E-state index in [1.165, 1.54) is 4.90 Å². The van der Waals surface area contributed by atoms with Gasteiger partial charge in [0, 0.05) is 38.2 Å². The number of hydrogen-bond acceptors (Lipinski definition) is 8. The molecule has 62 heavy (non-hydrogen) atoms. The number of benzene rings is 4. The Balaban J connectivity index is 1.01. The number of nitrogens with one attached hydrogen (secondary N) is 1. The molecule has 4 aromatic carbocycles. The van der Waals surface area contributed by atoms with E-state index in [0.717, 1.165) is 73.7 Å². The molecule has 0 unspecified atom stereocenters. The number of rotatable bonds is 11. The molecule has 8 rings (SSSR count). The highest BCUT2D eigenvalue weighted by Crippen LogP contribution is 2.38. The Hall–Kier alpha value is -6.17. The first-order valence-electron chi connectivity index (χ1n) is 20.5. The molecule has 318 valence electrons. The lowest BCUT2D eigenvalue weighted by atomic mass is 9.86. The number of aliphatic carboxylic acids is 1. The van der Waals surface area contributed by atoms with E-state index in [9.17, 15) is 19.5 Å². The summed E-state index contributed by atoms with van der Waals surface area (Å²) in [6.07, 6.45) is 3.45. The summed E-state index contributed by atoms with van der Waals surface area (Å²) in [5.41, 5.74) is 9.68. The molecular formula is C49H46Cl2N4O7. The average Bonchev–Trinajstić information content (AvgIpc) is 3.47. The van der Waals surface area contributed by atoms with Crippen molar-refractivity contribution >= 4 is 41.0 Å². The van der Waals surface area contributed by atoms with Crippen LogP contribution in [0, 0.1) is 27.7 Å². The summed E-state index contributed by atoms with van der Waals surface area (Å²) in [6.45, 7) is 8.25. The zero-order valence-electron chi connectivity index (χ0n) is 34.8. The van der Waals surface area contributed by atoms with Crippen molar-refractivity contribution < 1.29 is 33.4 Å². The highest BCUT2D eigenvalue weighted by molar-refractivity contribution is 6.42. The van der Waals surface area contributed by atoms with Crippen LogP contribution in [0.25, 0.3) is 11.1 Å². The number of carbonyl (C=O) groups excluding carboxylic acids is 2. The quantitative estimate of drug-likeness (QED) is 0.130. The van der Waals surface area contributed by atoms with Crippen LogP contribution >= 0.6 is 23.2 Å². The van der Waals surface area contributed by atoms with Gasteiger partial charge in [-0.2, -0.15) is 0 Å². The van der Waals surface area contributed by atoms with E-state index in [2.05, 4.69) is 33.5 Å². The third-order valence-corrected chi connectivity index (χ3v) is 12.6. The average molecular weight is 874 g/mol. The minimum Gasteiger partial charge on any atom is -0.493 e. The summed E-state index contributed by atoms with van der Waals surface area (Å²) in [7, 11) is 0. The number of aromatic nitrogens is 2. The molecule has 2 N–H and O–H groups in total. The second kappa shape index (κ2) is 18.0. The molecule has 0 aliphatic carbocycles. The molecule has 4 heterocycles. The number of ether oxygens (including phenoxy) is 2. The lowest BCUT2D eigenvalue weighted by molar-refractivity contribution is -0.142. The van der Waals surface area contributed by atoms with Gasteiger partial charge in [0.1, 0.15) is 35.9 Å². The molecule has 2 aliphatic heterocycles. The van der Waals surface area contributed by atoms with Crippen LogP contribution in [0.2, 0.25) is 10.0 Å². The molecule has 0 bridgehead atoms. The number of hydrogen-bond donors (Lipinski definition) is 2. The predicted molar refractivity (Wildman–Crippen MR) is 236 cm³/mol. The van der Waals surface area contributed by atoms with Crippen molar-refractivity contribution in [3.63, 3.8) is 0 Å². The van der Waals surface area contributed by atoms with Crippen LogP contribution in [0.4, 0.5) is 0 Å². The van der Waals surface area contributed by atoms with Crippen LogP contribution in [0.1, 0.15) is 79.1 Å². The molecule has 0 radical (unpaired) electrons. The van der Waals surface area contributed by atoms with Crippen molar-refractivity contribution in [2.24, 2.45) is 0 Å². The van der Waals surface area contributed by atoms with Gasteiger partial charge in [-0.15, -0.1) is 0 Å². The molecular weight excluding hydrogens is 827 g/mol. The standard InChI is InChI=1S/C49H46Cl2N4O7/c1-27-28(2)52-17-15-40(27)34-8-5-31(6-9-34)20-43(49(58)59)54-47(56)44-23-36-24-45-37(22-38(36)25-55(44)48(57)46-29(3)62-30(4)53-46)21-35(16-18-60-45)33-10-12-39(13-11-33)61-26-32-7-14-41(50)42(51)19-32/h5-15,17,19,22,24,35,43-44H,16,18,20-21,23,25-26H2,1-4H3,(H,54,56)(H,58,59)/t35-,43+,44+/m1/s1. The maximum absolute atomic E-state index is 14.3. The summed E-state index contributed by atoms with van der Waals surface area (Å²) < 4.78 is 18.0. The fourth-order valence-corrected chi connectivity index (χ4v) is 8.67. The van der Waals surface area contributed by atoms with Gasteiger partial charge in [0.2, 0.25) is 5.91 Å². The Morgan fingerprint density at radius 1 is 0.887 bits per heavy atom. The number of nitrogens with zero attached hydrogens (tertiary/aromatic N) is 3. The van der Waals surface area contributed by atoms with E-state index in [-0.39, 0.29) is 31.0 Å². The Bertz CT molecular complexity index is 2660. The van der Waals surface area contributed by atoms with Crippen molar-refractivity contribution in [1.29, 1.82) is 0 Å². The Labute approximate surface area is 370 Å². The zero-order valence-corrected chi connectivity index (χ0v) is 36.3. The number of carboxylic acids is 1. The highest BCUT2D eigenvalue weighted by atomic mass is 35.5. The molecule has 13 heteroatoms. The van der Waals surface area contributed by atoms with E-state index in [4.69, 9.17) is 37.1 Å². The minimum atomic E-state index is -1.25. The lowest BCUT2D eigenvalue weighted by Crippen LogP contribution is -2.56. The summed E-state index contributed by atoms with van der Waals surface area (Å²) in [4.78, 5) is 51.4. The number of carbonyl (C=O) groups is 3. The lowest BCUT2D eigenvalue weighted by Gasteiger charge is -2.36. The SMILES string of the molecule is Cc1nc(C(=O)N2Cc3cc4c(cc3C[C@H]2C(=O)N[C@@H](Cc2ccc(-c3ccnc(C)c3C)cc2)C(=O)O)OCC[C@@H](c2ccc(OCc3ccc(Cl)c(Cl)c3)cc2)C4)c(C)o1. The number of halogens is 2. The van der Waals surface area contributed by atoms with Crippen LogP contribution in [0.3, 0.4) is 0 Å². The van der Waals surface area contributed by atoms with Gasteiger partial charge in [-0.3, -0.25) is 14.6 Å². The fourth-order valence-electron chi connectivity index (χ4n) is 8.34. The van der Waals surface area contributed by atoms with Crippen molar-refractivity contribution in [3.8, 4) is 22.6 Å². The Morgan fingerprint density at radius 3 is 2.35 bits per heavy atom. The first-order valence-corrected chi connectivity index (χ1v) is 21.3. The third kappa shape index (κ3) is 9.19. The van der Waals surface area contributed by atoms with Crippen molar-refractivity contribution in [2.75, 3.05) is 6.61 Å². The molecule has 0 saturated carbocycles. The smallest absolute Gasteiger partial charge is 0.326 e. The van der Waals surface area contributed by atoms with E-state index in [1.807, 2.05) is 68.4 Å². The summed E-state index contributed by atoms with van der Waals surface area (Å²) >= 11 is 12.2. The molecule has 2 aromatic heterocycles. The first-order chi connectivity index (χ1) is 29.8. The number of amides is 2. The second-order valence-corrected chi connectivity index (χ2v) is 16.8. The number of oxazole rings is 1. The molecule has 2 amide bonds. The molecule has 2 aliphatic rings. The summed E-state index contributed by atoms with van der Waals surface area (Å²) in [5, 5.41) is 14.1. The van der Waals surface area contributed by atoms with Crippen LogP contribution in [0.5, 0.6) is 11.5 Å². The summed E-state index contributed by atoms with van der Waals surface area (Å²) in [6, 6.07) is 24.9. The zero-order chi connectivity index (χ0) is 43.7. The van der Waals surface area contributed by atoms with Crippen LogP contribution in [0.15, 0.2) is 95.5 Å². The number of carboxylic acid groups (broad SMARTS) is 1. The van der Waals surface area contributed by atoms with Gasteiger partial charge < -0.3 is 29.2 Å². The van der Waals surface area contributed by atoms with Gasteiger partial charge in [0.05, 0.1) is 16.7 Å². The van der Waals surface area contributed by atoms with Gasteiger partial charge in [-0.05, 0) is 126 Å². The molecule has 0 saturated heterocycles. The van der Waals surface area contributed by atoms with Crippen LogP contribution in [-0.2, 0) is 42.0 Å². The van der Waals surface area contributed by atoms with Crippen molar-refractivity contribution in [3.05, 3.63) is 163 Å². The van der Waals surface area contributed by atoms with E-state index < -0.39 is 29.9 Å².